The summed E-state index contributed by atoms with van der Waals surface area (Å²) in [5.74, 6) is 1.05. The molecule has 1 heterocycles. The van der Waals surface area contributed by atoms with Crippen LogP contribution in [0.4, 0.5) is 0 Å². The molecule has 5 nitrogen and oxygen atoms in total. The summed E-state index contributed by atoms with van der Waals surface area (Å²) in [4.78, 5) is 12.3. The number of carbonyl (C=O) groups is 1. The number of aliphatic carboxylic acids is 1. The zero-order valence-electron chi connectivity index (χ0n) is 15.3. The molecule has 0 aliphatic carbocycles. The first-order valence-electron chi connectivity index (χ1n) is 8.65. The third-order valence-electron chi connectivity index (χ3n) is 3.89. The Labute approximate surface area is 167 Å². The van der Waals surface area contributed by atoms with Crippen LogP contribution in [0, 0.1) is 0 Å². The molecule has 0 saturated heterocycles. The monoisotopic (exact) mass is 396 g/mol. The van der Waals surface area contributed by atoms with Gasteiger partial charge in [-0.1, -0.05) is 30.3 Å². The molecule has 144 valence electrons. The topological polar surface area (TPSA) is 65.0 Å². The lowest BCUT2D eigenvalue weighted by Gasteiger charge is -2.11. The van der Waals surface area contributed by atoms with Crippen LogP contribution >= 0.6 is 11.3 Å². The zero-order valence-corrected chi connectivity index (χ0v) is 16.1. The van der Waals surface area contributed by atoms with Crippen molar-refractivity contribution >= 4 is 29.0 Å². The minimum absolute atomic E-state index is 0.235. The SMILES string of the molecule is COc1cccc(OCCOc2ccccc2/C=C(\C(=O)O)c2cccs2)c1. The molecule has 3 aromatic rings. The number of carboxylic acid groups (broad SMARTS) is 1. The molecule has 0 bridgehead atoms. The fourth-order valence-corrected chi connectivity index (χ4v) is 3.29. The predicted octanol–water partition coefficient (Wildman–Crippen LogP) is 4.84. The molecule has 28 heavy (non-hydrogen) atoms. The molecule has 3 rings (SSSR count). The van der Waals surface area contributed by atoms with Crippen LogP contribution in [0.1, 0.15) is 10.4 Å². The molecule has 1 aromatic heterocycles. The molecule has 6 heteroatoms. The van der Waals surface area contributed by atoms with Gasteiger partial charge in [-0.05, 0) is 35.7 Å². The highest BCUT2D eigenvalue weighted by Gasteiger charge is 2.13. The lowest BCUT2D eigenvalue weighted by Crippen LogP contribution is -2.09. The second-order valence-corrected chi connectivity index (χ2v) is 6.70. The number of para-hydroxylation sites is 1. The molecule has 0 amide bonds. The third kappa shape index (κ3) is 5.14. The first-order valence-corrected chi connectivity index (χ1v) is 9.53. The second kappa shape index (κ2) is 9.62. The van der Waals surface area contributed by atoms with E-state index in [1.165, 1.54) is 11.3 Å². The lowest BCUT2D eigenvalue weighted by atomic mass is 10.1. The maximum absolute atomic E-state index is 11.7. The van der Waals surface area contributed by atoms with E-state index in [0.717, 1.165) is 5.75 Å². The Balaban J connectivity index is 1.67. The first-order chi connectivity index (χ1) is 13.7. The van der Waals surface area contributed by atoms with Crippen LogP contribution in [0.25, 0.3) is 11.6 Å². The minimum atomic E-state index is -0.974. The molecule has 0 fully saturated rings. The molecule has 0 aliphatic heterocycles. The Morgan fingerprint density at radius 2 is 1.79 bits per heavy atom. The molecule has 2 aromatic carbocycles. The van der Waals surface area contributed by atoms with Crippen molar-refractivity contribution in [2.45, 2.75) is 0 Å². The largest absolute Gasteiger partial charge is 0.497 e. The molecule has 0 atom stereocenters. The van der Waals surface area contributed by atoms with E-state index >= 15 is 0 Å². The fourth-order valence-electron chi connectivity index (χ4n) is 2.56. The van der Waals surface area contributed by atoms with Gasteiger partial charge in [0.25, 0.3) is 0 Å². The van der Waals surface area contributed by atoms with Gasteiger partial charge in [0.1, 0.15) is 30.5 Å². The second-order valence-electron chi connectivity index (χ2n) is 5.75. The number of rotatable bonds is 9. The molecule has 0 unspecified atom stereocenters. The van der Waals surface area contributed by atoms with E-state index in [2.05, 4.69) is 0 Å². The number of hydrogen-bond acceptors (Lipinski definition) is 5. The Kier molecular flexibility index (Phi) is 6.70. The minimum Gasteiger partial charge on any atom is -0.497 e. The van der Waals surface area contributed by atoms with Crippen molar-refractivity contribution in [2.24, 2.45) is 0 Å². The third-order valence-corrected chi connectivity index (χ3v) is 4.79. The van der Waals surface area contributed by atoms with Crippen molar-refractivity contribution in [1.29, 1.82) is 0 Å². The number of hydrogen-bond donors (Lipinski definition) is 1. The van der Waals surface area contributed by atoms with Gasteiger partial charge in [0.05, 0.1) is 12.7 Å². The van der Waals surface area contributed by atoms with Gasteiger partial charge in [0.15, 0.2) is 0 Å². The van der Waals surface area contributed by atoms with E-state index < -0.39 is 5.97 Å². The number of thiophene rings is 1. The van der Waals surface area contributed by atoms with E-state index in [-0.39, 0.29) is 5.57 Å². The van der Waals surface area contributed by atoms with Crippen molar-refractivity contribution in [3.05, 3.63) is 76.5 Å². The highest BCUT2D eigenvalue weighted by Crippen LogP contribution is 2.27. The summed E-state index contributed by atoms with van der Waals surface area (Å²) in [6, 6.07) is 18.3. The van der Waals surface area contributed by atoms with Crippen LogP contribution in [0.3, 0.4) is 0 Å². The average Bonchev–Trinajstić information content (AvgIpc) is 3.24. The fraction of sp³-hybridized carbons (Fsp3) is 0.136. The van der Waals surface area contributed by atoms with Crippen LogP contribution < -0.4 is 14.2 Å². The van der Waals surface area contributed by atoms with Crippen LogP contribution in [0.5, 0.6) is 17.2 Å². The van der Waals surface area contributed by atoms with E-state index in [1.54, 1.807) is 25.3 Å². The zero-order chi connectivity index (χ0) is 19.8. The number of carboxylic acids is 1. The molecular weight excluding hydrogens is 376 g/mol. The van der Waals surface area contributed by atoms with Gasteiger partial charge < -0.3 is 19.3 Å². The molecule has 0 saturated carbocycles. The van der Waals surface area contributed by atoms with Crippen LogP contribution in [0.15, 0.2) is 66.0 Å². The van der Waals surface area contributed by atoms with Gasteiger partial charge in [-0.3, -0.25) is 0 Å². The van der Waals surface area contributed by atoms with Crippen molar-refractivity contribution < 1.29 is 24.1 Å². The smallest absolute Gasteiger partial charge is 0.337 e. The maximum Gasteiger partial charge on any atom is 0.337 e. The Bertz CT molecular complexity index is 947. The predicted molar refractivity (Wildman–Crippen MR) is 110 cm³/mol. The van der Waals surface area contributed by atoms with E-state index in [1.807, 2.05) is 53.9 Å². The summed E-state index contributed by atoms with van der Waals surface area (Å²) in [6.07, 6.45) is 1.63. The Morgan fingerprint density at radius 1 is 1.00 bits per heavy atom. The standard InChI is InChI=1S/C22H20O5S/c1-25-17-7-4-8-18(15-17)26-11-12-27-20-9-3-2-6-16(20)14-19(22(23)24)21-10-5-13-28-21/h2-10,13-15H,11-12H2,1H3,(H,23,24)/b19-14-. The molecule has 1 N–H and O–H groups in total. The van der Waals surface area contributed by atoms with Crippen molar-refractivity contribution in [3.63, 3.8) is 0 Å². The number of methoxy groups -OCH3 is 1. The van der Waals surface area contributed by atoms with E-state index in [4.69, 9.17) is 14.2 Å². The molecule has 0 spiro atoms. The number of ether oxygens (including phenoxy) is 3. The first kappa shape index (κ1) is 19.5. The summed E-state index contributed by atoms with van der Waals surface area (Å²) < 4.78 is 16.7. The van der Waals surface area contributed by atoms with Gasteiger partial charge in [0, 0.05) is 16.5 Å². The van der Waals surface area contributed by atoms with Gasteiger partial charge in [-0.15, -0.1) is 11.3 Å². The molecule has 0 aliphatic rings. The van der Waals surface area contributed by atoms with Crippen LogP contribution in [0.2, 0.25) is 0 Å². The summed E-state index contributed by atoms with van der Waals surface area (Å²) in [5.41, 5.74) is 0.938. The molecular formula is C22H20O5S. The summed E-state index contributed by atoms with van der Waals surface area (Å²) in [5, 5.41) is 11.4. The van der Waals surface area contributed by atoms with E-state index in [0.29, 0.717) is 35.2 Å². The van der Waals surface area contributed by atoms with Crippen LogP contribution in [-0.4, -0.2) is 31.4 Å². The maximum atomic E-state index is 11.7. The normalized spacial score (nSPS) is 11.1. The highest BCUT2D eigenvalue weighted by atomic mass is 32.1. The summed E-state index contributed by atoms with van der Waals surface area (Å²) >= 11 is 1.39. The van der Waals surface area contributed by atoms with Crippen LogP contribution in [-0.2, 0) is 4.79 Å². The van der Waals surface area contributed by atoms with Crippen molar-refractivity contribution in [2.75, 3.05) is 20.3 Å². The Morgan fingerprint density at radius 3 is 2.54 bits per heavy atom. The quantitative estimate of drug-likeness (QED) is 0.414. The van der Waals surface area contributed by atoms with Gasteiger partial charge in [0.2, 0.25) is 0 Å². The average molecular weight is 396 g/mol. The van der Waals surface area contributed by atoms with Gasteiger partial charge in [-0.25, -0.2) is 4.79 Å². The number of benzene rings is 2. The van der Waals surface area contributed by atoms with Gasteiger partial charge in [-0.2, -0.15) is 0 Å². The molecule has 0 radical (unpaired) electrons. The van der Waals surface area contributed by atoms with Crippen molar-refractivity contribution in [3.8, 4) is 17.2 Å². The summed E-state index contributed by atoms with van der Waals surface area (Å²) in [6.45, 7) is 0.672. The van der Waals surface area contributed by atoms with Crippen molar-refractivity contribution in [1.82, 2.24) is 0 Å². The summed E-state index contributed by atoms with van der Waals surface area (Å²) in [7, 11) is 1.61. The Hall–Kier alpha value is -3.25. The lowest BCUT2D eigenvalue weighted by molar-refractivity contribution is -0.130. The van der Waals surface area contributed by atoms with E-state index in [9.17, 15) is 9.90 Å². The van der Waals surface area contributed by atoms with Gasteiger partial charge >= 0.3 is 5.97 Å². The highest BCUT2D eigenvalue weighted by molar-refractivity contribution is 7.11.